The maximum absolute atomic E-state index is 13.0. The number of furan rings is 1. The molecule has 1 amide bonds. The molecule has 1 aromatic heterocycles. The van der Waals surface area contributed by atoms with E-state index in [1.807, 2.05) is 24.3 Å². The quantitative estimate of drug-likeness (QED) is 0.476. The van der Waals surface area contributed by atoms with Gasteiger partial charge in [-0.2, -0.15) is 13.9 Å². The molecule has 0 fully saturated rings. The van der Waals surface area contributed by atoms with Crippen LogP contribution in [0.25, 0.3) is 0 Å². The molecule has 10 heteroatoms. The van der Waals surface area contributed by atoms with Gasteiger partial charge >= 0.3 is 6.61 Å². The summed E-state index contributed by atoms with van der Waals surface area (Å²) in [5.74, 6) is 0.895. The van der Waals surface area contributed by atoms with Crippen LogP contribution in [-0.2, 0) is 4.79 Å². The van der Waals surface area contributed by atoms with Crippen molar-refractivity contribution in [1.82, 2.24) is 5.01 Å². The van der Waals surface area contributed by atoms with Gasteiger partial charge in [-0.25, -0.2) is 5.01 Å². The summed E-state index contributed by atoms with van der Waals surface area (Å²) in [6, 6.07) is 14.8. The Balaban J connectivity index is 1.49. The first-order chi connectivity index (χ1) is 15.9. The van der Waals surface area contributed by atoms with Crippen LogP contribution in [0.15, 0.2) is 70.4 Å². The van der Waals surface area contributed by atoms with Gasteiger partial charge in [0.05, 0.1) is 30.7 Å². The predicted octanol–water partition coefficient (Wildman–Crippen LogP) is 5.33. The zero-order valence-electron chi connectivity index (χ0n) is 17.5. The number of hydrazone groups is 1. The van der Waals surface area contributed by atoms with Crippen LogP contribution in [0.4, 0.5) is 14.5 Å². The molecule has 1 N–H and O–H groups in total. The molecule has 172 valence electrons. The zero-order valence-corrected chi connectivity index (χ0v) is 18.3. The van der Waals surface area contributed by atoms with Crippen molar-refractivity contribution in [3.05, 3.63) is 77.2 Å². The van der Waals surface area contributed by atoms with E-state index in [1.165, 1.54) is 23.2 Å². The minimum Gasteiger partial charge on any atom is -0.497 e. The molecule has 1 aliphatic heterocycles. The highest BCUT2D eigenvalue weighted by Crippen LogP contribution is 2.34. The van der Waals surface area contributed by atoms with Crippen LogP contribution in [-0.4, -0.2) is 36.9 Å². The number of carbonyl (C=O) groups is 1. The lowest BCUT2D eigenvalue weighted by molar-refractivity contribution is -0.131. The van der Waals surface area contributed by atoms with Crippen LogP contribution >= 0.6 is 11.6 Å². The van der Waals surface area contributed by atoms with Crippen LogP contribution in [0.5, 0.6) is 11.5 Å². The molecule has 3 aromatic rings. The molecule has 2 aromatic carbocycles. The molecule has 4 rings (SSSR count). The maximum atomic E-state index is 13.0. The van der Waals surface area contributed by atoms with Crippen molar-refractivity contribution in [2.45, 2.75) is 19.1 Å². The van der Waals surface area contributed by atoms with E-state index in [2.05, 4.69) is 15.2 Å². The number of hydrogen-bond donors (Lipinski definition) is 1. The monoisotopic (exact) mass is 475 g/mol. The number of nitrogens with one attached hydrogen (secondary N) is 1. The van der Waals surface area contributed by atoms with Gasteiger partial charge in [0.15, 0.2) is 0 Å². The van der Waals surface area contributed by atoms with Crippen LogP contribution in [0.2, 0.25) is 5.02 Å². The summed E-state index contributed by atoms with van der Waals surface area (Å²) in [7, 11) is 1.59. The lowest BCUT2D eigenvalue weighted by atomic mass is 10.0. The summed E-state index contributed by atoms with van der Waals surface area (Å²) in [4.78, 5) is 13.0. The molecule has 0 radical (unpaired) electrons. The number of methoxy groups -OCH3 is 1. The normalized spacial score (nSPS) is 15.5. The summed E-state index contributed by atoms with van der Waals surface area (Å²) in [5.41, 5.74) is 2.09. The average Bonchev–Trinajstić information content (AvgIpc) is 3.49. The Bertz CT molecular complexity index is 1140. The number of carbonyl (C=O) groups excluding carboxylic acids is 1. The molecule has 2 heterocycles. The van der Waals surface area contributed by atoms with E-state index < -0.39 is 12.7 Å². The van der Waals surface area contributed by atoms with E-state index in [0.717, 1.165) is 17.0 Å². The molecule has 0 saturated carbocycles. The van der Waals surface area contributed by atoms with Gasteiger partial charge in [0.25, 0.3) is 5.91 Å². The minimum atomic E-state index is -2.98. The Hall–Kier alpha value is -3.59. The molecule has 1 aliphatic rings. The van der Waals surface area contributed by atoms with Crippen molar-refractivity contribution < 1.29 is 27.5 Å². The second-order valence-corrected chi connectivity index (χ2v) is 7.53. The largest absolute Gasteiger partial charge is 0.497 e. The first kappa shape index (κ1) is 22.6. The molecule has 0 spiro atoms. The second-order valence-electron chi connectivity index (χ2n) is 7.13. The molecule has 0 saturated heterocycles. The fourth-order valence-electron chi connectivity index (χ4n) is 3.46. The standard InChI is InChI=1S/C23H20ClF2N3O4/c1-31-16-7-4-14(5-8-16)18-12-19(21-3-2-10-32-21)29(28-18)22(30)13-27-15-6-9-20(17(24)11-15)33-23(25)26/h2-11,19,23,27H,12-13H2,1H3. The van der Waals surface area contributed by atoms with Gasteiger partial charge < -0.3 is 19.2 Å². The molecule has 1 atom stereocenters. The number of amides is 1. The predicted molar refractivity (Wildman–Crippen MR) is 119 cm³/mol. The van der Waals surface area contributed by atoms with E-state index in [4.69, 9.17) is 20.8 Å². The van der Waals surface area contributed by atoms with Gasteiger partial charge in [0.1, 0.15) is 23.3 Å². The maximum Gasteiger partial charge on any atom is 0.387 e. The average molecular weight is 476 g/mol. The van der Waals surface area contributed by atoms with Crippen molar-refractivity contribution >= 4 is 28.9 Å². The highest BCUT2D eigenvalue weighted by molar-refractivity contribution is 6.32. The summed E-state index contributed by atoms with van der Waals surface area (Å²) >= 11 is 5.98. The van der Waals surface area contributed by atoms with Gasteiger partial charge in [-0.15, -0.1) is 0 Å². The first-order valence-electron chi connectivity index (χ1n) is 10.00. The first-order valence-corrected chi connectivity index (χ1v) is 10.4. The van der Waals surface area contributed by atoms with E-state index in [0.29, 0.717) is 17.9 Å². The summed E-state index contributed by atoms with van der Waals surface area (Å²) in [6.45, 7) is -3.07. The van der Waals surface area contributed by atoms with Crippen molar-refractivity contribution in [1.29, 1.82) is 0 Å². The Morgan fingerprint density at radius 2 is 2.06 bits per heavy atom. The zero-order chi connectivity index (χ0) is 23.4. The van der Waals surface area contributed by atoms with E-state index in [9.17, 15) is 13.6 Å². The van der Waals surface area contributed by atoms with E-state index >= 15 is 0 Å². The van der Waals surface area contributed by atoms with E-state index in [1.54, 1.807) is 25.5 Å². The highest BCUT2D eigenvalue weighted by atomic mass is 35.5. The molecule has 7 nitrogen and oxygen atoms in total. The third kappa shape index (κ3) is 5.25. The number of ether oxygens (including phenoxy) is 2. The van der Waals surface area contributed by atoms with Crippen LogP contribution in [0, 0.1) is 0 Å². The van der Waals surface area contributed by atoms with Gasteiger partial charge in [-0.3, -0.25) is 4.79 Å². The number of nitrogens with zero attached hydrogens (tertiary/aromatic N) is 2. The molecule has 33 heavy (non-hydrogen) atoms. The van der Waals surface area contributed by atoms with Crippen LogP contribution in [0.3, 0.4) is 0 Å². The number of anilines is 1. The lowest BCUT2D eigenvalue weighted by Crippen LogP contribution is -2.32. The fraction of sp³-hybridized carbons (Fsp3) is 0.217. The Kier molecular flexibility index (Phi) is 6.79. The van der Waals surface area contributed by atoms with Gasteiger partial charge in [0, 0.05) is 12.1 Å². The summed E-state index contributed by atoms with van der Waals surface area (Å²) in [5, 5.41) is 8.89. The molecular weight excluding hydrogens is 456 g/mol. The number of hydrogen-bond acceptors (Lipinski definition) is 6. The SMILES string of the molecule is COc1ccc(C2=NN(C(=O)CNc3ccc(OC(F)F)c(Cl)c3)C(c3ccco3)C2)cc1. The van der Waals surface area contributed by atoms with Crippen LogP contribution < -0.4 is 14.8 Å². The van der Waals surface area contributed by atoms with Gasteiger partial charge in [-0.1, -0.05) is 11.6 Å². The highest BCUT2D eigenvalue weighted by Gasteiger charge is 2.34. The number of benzene rings is 2. The molecule has 0 aliphatic carbocycles. The number of alkyl halides is 2. The van der Waals surface area contributed by atoms with Crippen molar-refractivity contribution in [3.8, 4) is 11.5 Å². The Labute approximate surface area is 193 Å². The van der Waals surface area contributed by atoms with E-state index in [-0.39, 0.29) is 23.2 Å². The number of halogens is 3. The second kappa shape index (κ2) is 9.91. The van der Waals surface area contributed by atoms with Crippen molar-refractivity contribution in [3.63, 3.8) is 0 Å². The topological polar surface area (TPSA) is 76.3 Å². The third-order valence-electron chi connectivity index (χ3n) is 5.05. The third-order valence-corrected chi connectivity index (χ3v) is 5.35. The van der Waals surface area contributed by atoms with Gasteiger partial charge in [-0.05, 0) is 60.2 Å². The van der Waals surface area contributed by atoms with Crippen molar-refractivity contribution in [2.75, 3.05) is 19.0 Å². The smallest absolute Gasteiger partial charge is 0.387 e. The molecule has 0 bridgehead atoms. The summed E-state index contributed by atoms with van der Waals surface area (Å²) < 4.78 is 39.9. The molecule has 1 unspecified atom stereocenters. The lowest BCUT2D eigenvalue weighted by Gasteiger charge is -2.20. The minimum absolute atomic E-state index is 0.00203. The molecular formula is C23H20ClF2N3O4. The number of rotatable bonds is 8. The van der Waals surface area contributed by atoms with Crippen LogP contribution in [0.1, 0.15) is 23.8 Å². The van der Waals surface area contributed by atoms with Gasteiger partial charge in [0.2, 0.25) is 0 Å². The van der Waals surface area contributed by atoms with Crippen molar-refractivity contribution in [2.24, 2.45) is 5.10 Å². The Morgan fingerprint density at radius 3 is 2.70 bits per heavy atom. The Morgan fingerprint density at radius 1 is 1.27 bits per heavy atom. The fourth-order valence-corrected chi connectivity index (χ4v) is 3.69. The summed E-state index contributed by atoms with van der Waals surface area (Å²) in [6.07, 6.45) is 2.03.